The summed E-state index contributed by atoms with van der Waals surface area (Å²) >= 11 is 0. The molecule has 2 spiro atoms. The number of oxime groups is 2. The molecule has 202 valence electrons. The molecule has 6 fully saturated rings. The molecule has 8 rings (SSSR count). The average Bonchev–Trinajstić information content (AvgIpc) is 3.41. The van der Waals surface area contributed by atoms with Crippen LogP contribution in [0.2, 0.25) is 0 Å². The Kier molecular flexibility index (Phi) is 7.59. The van der Waals surface area contributed by atoms with E-state index in [0.29, 0.717) is 23.5 Å². The summed E-state index contributed by atoms with van der Waals surface area (Å²) in [4.78, 5) is 35.6. The van der Waals surface area contributed by atoms with Crippen molar-refractivity contribution >= 4 is 23.6 Å². The van der Waals surface area contributed by atoms with Gasteiger partial charge in [-0.05, 0) is 51.9 Å². The maximum atomic E-state index is 9.77. The molecule has 8 aliphatic rings. The minimum atomic E-state index is -2.27. The van der Waals surface area contributed by atoms with E-state index in [1.807, 2.05) is 0 Å². The van der Waals surface area contributed by atoms with Crippen molar-refractivity contribution in [3.05, 3.63) is 0 Å². The van der Waals surface area contributed by atoms with E-state index in [2.05, 4.69) is 20.1 Å². The highest BCUT2D eigenvalue weighted by molar-refractivity contribution is 5.83. The third-order valence-corrected chi connectivity index (χ3v) is 8.10. The van der Waals surface area contributed by atoms with Gasteiger partial charge in [-0.2, -0.15) is 0 Å². The number of hydrogen-bond acceptors (Lipinski definition) is 12. The molecule has 0 aromatic rings. The number of hydrogen-bond donors (Lipinski definition) is 6. The standard InChI is InChI=1S/2C9H15N3O.C4H6O6/c2*10-8-5-9(13-11-8)6-12-3-1-7(9)2-4-12;5-1(3(7)8)2(6)4(9)10/h2*7H,1-6H2,(H2,10,11);1-2,5-6H,(H,7,8)(H,9,10)/t9-;;1-,2-/m1.1/s1. The van der Waals surface area contributed by atoms with Gasteiger partial charge in [0.25, 0.3) is 0 Å². The second kappa shape index (κ2) is 10.4. The molecule has 0 radical (unpaired) electrons. The van der Waals surface area contributed by atoms with Crippen LogP contribution in [0.4, 0.5) is 0 Å². The Morgan fingerprint density at radius 3 is 1.31 bits per heavy atom. The van der Waals surface area contributed by atoms with E-state index in [1.54, 1.807) is 0 Å². The number of carboxylic acid groups (broad SMARTS) is 2. The van der Waals surface area contributed by atoms with Crippen molar-refractivity contribution in [3.8, 4) is 0 Å². The van der Waals surface area contributed by atoms with Crippen molar-refractivity contribution in [2.75, 3.05) is 39.3 Å². The number of aliphatic carboxylic acids is 2. The van der Waals surface area contributed by atoms with Gasteiger partial charge in [-0.25, -0.2) is 9.59 Å². The molecule has 1 unspecified atom stereocenters. The van der Waals surface area contributed by atoms with Crippen LogP contribution in [0.1, 0.15) is 38.5 Å². The fourth-order valence-electron chi connectivity index (χ4n) is 6.17. The molecular weight excluding hydrogens is 476 g/mol. The number of nitrogens with two attached hydrogens (primary N) is 2. The van der Waals surface area contributed by atoms with Crippen molar-refractivity contribution in [2.24, 2.45) is 33.6 Å². The predicted molar refractivity (Wildman–Crippen MR) is 126 cm³/mol. The topological polar surface area (TPSA) is 217 Å². The summed E-state index contributed by atoms with van der Waals surface area (Å²) < 4.78 is 0. The van der Waals surface area contributed by atoms with Gasteiger partial charge >= 0.3 is 11.9 Å². The maximum absolute atomic E-state index is 9.77. The molecule has 4 bridgehead atoms. The Labute approximate surface area is 208 Å². The van der Waals surface area contributed by atoms with E-state index in [9.17, 15) is 9.59 Å². The molecule has 0 amide bonds. The first-order chi connectivity index (χ1) is 17.0. The molecule has 0 aromatic carbocycles. The lowest BCUT2D eigenvalue weighted by Gasteiger charge is -2.49. The quantitative estimate of drug-likeness (QED) is 0.246. The zero-order chi connectivity index (χ0) is 26.1. The number of carboxylic acids is 2. The van der Waals surface area contributed by atoms with Gasteiger partial charge in [0, 0.05) is 24.9 Å². The normalized spacial score (nSPS) is 38.9. The summed E-state index contributed by atoms with van der Waals surface area (Å²) in [6.07, 6.45) is 2.16. The van der Waals surface area contributed by atoms with Crippen molar-refractivity contribution in [3.63, 3.8) is 0 Å². The third kappa shape index (κ3) is 5.36. The van der Waals surface area contributed by atoms with Gasteiger partial charge in [-0.3, -0.25) is 9.80 Å². The summed E-state index contributed by atoms with van der Waals surface area (Å²) in [7, 11) is 0. The zero-order valence-electron chi connectivity index (χ0n) is 20.2. The van der Waals surface area contributed by atoms with E-state index < -0.39 is 24.1 Å². The van der Waals surface area contributed by atoms with Gasteiger partial charge in [0.2, 0.25) is 0 Å². The minimum Gasteiger partial charge on any atom is -0.479 e. The van der Waals surface area contributed by atoms with Gasteiger partial charge in [-0.15, -0.1) is 0 Å². The Hall–Kier alpha value is -2.68. The van der Waals surface area contributed by atoms with Gasteiger partial charge in [0.15, 0.2) is 23.4 Å². The van der Waals surface area contributed by atoms with Crippen LogP contribution in [0.5, 0.6) is 0 Å². The van der Waals surface area contributed by atoms with Crippen LogP contribution < -0.4 is 11.5 Å². The molecule has 8 heterocycles. The highest BCUT2D eigenvalue weighted by Crippen LogP contribution is 2.43. The molecule has 6 saturated heterocycles. The van der Waals surface area contributed by atoms with E-state index in [4.69, 9.17) is 41.6 Å². The molecule has 36 heavy (non-hydrogen) atoms. The number of amidine groups is 2. The Morgan fingerprint density at radius 1 is 0.778 bits per heavy atom. The van der Waals surface area contributed by atoms with Crippen LogP contribution in [-0.2, 0) is 19.3 Å². The van der Waals surface area contributed by atoms with Crippen molar-refractivity contribution in [1.82, 2.24) is 9.80 Å². The summed E-state index contributed by atoms with van der Waals surface area (Å²) in [5.74, 6) is -0.822. The highest BCUT2D eigenvalue weighted by Gasteiger charge is 2.53. The van der Waals surface area contributed by atoms with Gasteiger partial charge < -0.3 is 41.6 Å². The Balaban J connectivity index is 0.000000129. The van der Waals surface area contributed by atoms with Crippen LogP contribution >= 0.6 is 0 Å². The van der Waals surface area contributed by atoms with E-state index in [0.717, 1.165) is 25.9 Å². The summed E-state index contributed by atoms with van der Waals surface area (Å²) in [6.45, 7) is 6.99. The van der Waals surface area contributed by atoms with Crippen LogP contribution in [0.3, 0.4) is 0 Å². The van der Waals surface area contributed by atoms with Gasteiger partial charge in [0.05, 0.1) is 12.8 Å². The SMILES string of the molecule is NC1=NOC2(C1)CN1CCC2CC1.NC1=NO[C@]2(C1)CN1CCC2CC1.O=C(O)[C@H](O)[C@@H](O)C(=O)O. The maximum Gasteiger partial charge on any atom is 0.335 e. The van der Waals surface area contributed by atoms with E-state index in [-0.39, 0.29) is 11.2 Å². The molecular formula is C22H36N6O8. The first-order valence-corrected chi connectivity index (χ1v) is 12.3. The molecule has 4 atom stereocenters. The molecule has 0 aliphatic carbocycles. The molecule has 14 nitrogen and oxygen atoms in total. The van der Waals surface area contributed by atoms with E-state index >= 15 is 0 Å². The third-order valence-electron chi connectivity index (χ3n) is 8.10. The summed E-state index contributed by atoms with van der Waals surface area (Å²) in [5, 5.41) is 40.3. The highest BCUT2D eigenvalue weighted by atomic mass is 16.7. The number of nitrogens with zero attached hydrogens (tertiary/aromatic N) is 4. The summed E-state index contributed by atoms with van der Waals surface area (Å²) in [5.41, 5.74) is 11.3. The van der Waals surface area contributed by atoms with Crippen molar-refractivity contribution in [1.29, 1.82) is 0 Å². The zero-order valence-corrected chi connectivity index (χ0v) is 20.2. The molecule has 0 saturated carbocycles. The lowest BCUT2D eigenvalue weighted by molar-refractivity contribution is -0.165. The first kappa shape index (κ1) is 26.4. The van der Waals surface area contributed by atoms with Crippen LogP contribution in [0, 0.1) is 11.8 Å². The fraction of sp³-hybridized carbons (Fsp3) is 0.818. The number of rotatable bonds is 3. The van der Waals surface area contributed by atoms with Gasteiger partial charge in [-0.1, -0.05) is 10.3 Å². The Bertz CT molecular complexity index is 829. The smallest absolute Gasteiger partial charge is 0.335 e. The van der Waals surface area contributed by atoms with Crippen LogP contribution in [0.15, 0.2) is 10.3 Å². The number of piperidine rings is 6. The van der Waals surface area contributed by atoms with Crippen LogP contribution in [0.25, 0.3) is 0 Å². The number of fused-ring (bicyclic) bond motifs is 4. The van der Waals surface area contributed by atoms with Crippen molar-refractivity contribution < 1.29 is 39.7 Å². The molecule has 14 heteroatoms. The van der Waals surface area contributed by atoms with E-state index in [1.165, 1.54) is 51.9 Å². The van der Waals surface area contributed by atoms with Gasteiger partial charge in [0.1, 0.15) is 11.7 Å². The second-order valence-electron chi connectivity index (χ2n) is 10.5. The average molecular weight is 513 g/mol. The largest absolute Gasteiger partial charge is 0.479 e. The molecule has 8 N–H and O–H groups in total. The number of aliphatic hydroxyl groups is 2. The predicted octanol–water partition coefficient (Wildman–Crippen LogP) is -1.84. The number of aliphatic hydroxyl groups excluding tert-OH is 2. The lowest BCUT2D eigenvalue weighted by Crippen LogP contribution is -2.59. The van der Waals surface area contributed by atoms with Crippen molar-refractivity contribution in [2.45, 2.75) is 61.9 Å². The fourth-order valence-corrected chi connectivity index (χ4v) is 6.17. The first-order valence-electron chi connectivity index (χ1n) is 12.3. The lowest BCUT2D eigenvalue weighted by atomic mass is 9.74. The second-order valence-corrected chi connectivity index (χ2v) is 10.5. The number of carbonyl (C=O) groups is 2. The monoisotopic (exact) mass is 512 g/mol. The molecule has 8 aliphatic heterocycles. The minimum absolute atomic E-state index is 0.0411. The Morgan fingerprint density at radius 2 is 1.11 bits per heavy atom. The molecule has 0 aromatic heterocycles. The van der Waals surface area contributed by atoms with Crippen LogP contribution in [-0.4, -0.2) is 117 Å². The summed E-state index contributed by atoms with van der Waals surface area (Å²) in [6, 6.07) is 0.